The molecular weight excluding hydrogens is 398 g/mol. The highest BCUT2D eigenvalue weighted by atomic mass is 16.6. The third-order valence-corrected chi connectivity index (χ3v) is 9.17. The van der Waals surface area contributed by atoms with Crippen LogP contribution in [0.25, 0.3) is 0 Å². The summed E-state index contributed by atoms with van der Waals surface area (Å²) in [6.07, 6.45) is 13.1. The number of fused-ring (bicyclic) bond motifs is 5. The molecule has 0 aliphatic heterocycles. The van der Waals surface area contributed by atoms with Crippen molar-refractivity contribution in [3.63, 3.8) is 0 Å². The molecule has 0 heterocycles. The van der Waals surface area contributed by atoms with Gasteiger partial charge in [-0.25, -0.2) is 0 Å². The second-order valence-electron chi connectivity index (χ2n) is 10.7. The molecule has 32 heavy (non-hydrogen) atoms. The van der Waals surface area contributed by atoms with Crippen LogP contribution in [0.1, 0.15) is 70.3 Å². The van der Waals surface area contributed by atoms with Crippen molar-refractivity contribution in [2.45, 2.75) is 77.2 Å². The van der Waals surface area contributed by atoms with Crippen LogP contribution >= 0.6 is 0 Å². The fourth-order valence-electron chi connectivity index (χ4n) is 7.64. The van der Waals surface area contributed by atoms with Crippen LogP contribution in [0.15, 0.2) is 47.1 Å². The molecule has 0 spiro atoms. The standard InChI is InChI=1S/C28H37NO3/c1-28-17-16-23-22-12-10-21(29-31-2)18-20(22)9-11-24(23)25(28)13-14-26(28)32-27(30)15-8-19-6-4-3-5-7-19/h3-7,18,22-26H,8-17H2,1-2H3/t22-,23+,24+,25-,26-,28-/m0/s1. The lowest BCUT2D eigenvalue weighted by Gasteiger charge is -2.53. The number of ether oxygens (including phenoxy) is 1. The summed E-state index contributed by atoms with van der Waals surface area (Å²) >= 11 is 0. The van der Waals surface area contributed by atoms with E-state index in [2.05, 4.69) is 30.3 Å². The first kappa shape index (κ1) is 21.7. The van der Waals surface area contributed by atoms with Gasteiger partial charge in [-0.2, -0.15) is 0 Å². The molecule has 4 nitrogen and oxygen atoms in total. The van der Waals surface area contributed by atoms with Gasteiger partial charge >= 0.3 is 5.97 Å². The molecule has 1 aromatic rings. The molecule has 0 aromatic heterocycles. The van der Waals surface area contributed by atoms with Crippen molar-refractivity contribution in [3.05, 3.63) is 47.5 Å². The van der Waals surface area contributed by atoms with E-state index in [1.807, 2.05) is 18.2 Å². The SMILES string of the molecule is CON=C1C=C2CC[C@@H]3[C@H](CC[C@]4(C)[C@@H](OC(=O)CCc5ccccc5)CC[C@@H]34)[C@H]2CC1. The number of carbonyl (C=O) groups is 1. The number of benzene rings is 1. The normalized spacial score (nSPS) is 37.1. The first-order valence-corrected chi connectivity index (χ1v) is 12.6. The van der Waals surface area contributed by atoms with Crippen molar-refractivity contribution >= 4 is 11.7 Å². The van der Waals surface area contributed by atoms with Crippen molar-refractivity contribution in [2.24, 2.45) is 34.2 Å². The predicted octanol–water partition coefficient (Wildman–Crippen LogP) is 6.11. The Morgan fingerprint density at radius 1 is 1.06 bits per heavy atom. The van der Waals surface area contributed by atoms with Gasteiger partial charge in [0.05, 0.1) is 5.71 Å². The summed E-state index contributed by atoms with van der Waals surface area (Å²) in [5, 5.41) is 4.21. The zero-order chi connectivity index (χ0) is 22.1. The average Bonchev–Trinajstić information content (AvgIpc) is 3.14. The number of hydrogen-bond acceptors (Lipinski definition) is 4. The molecule has 4 aliphatic rings. The zero-order valence-corrected chi connectivity index (χ0v) is 19.6. The Hall–Kier alpha value is -2.10. The summed E-state index contributed by atoms with van der Waals surface area (Å²) in [7, 11) is 1.64. The number of hydrogen-bond donors (Lipinski definition) is 0. The van der Waals surface area contributed by atoms with Gasteiger partial charge in [0, 0.05) is 11.8 Å². The van der Waals surface area contributed by atoms with E-state index in [1.54, 1.807) is 12.7 Å². The van der Waals surface area contributed by atoms with Gasteiger partial charge in [0.25, 0.3) is 0 Å². The molecule has 5 rings (SSSR count). The Morgan fingerprint density at radius 3 is 2.72 bits per heavy atom. The Bertz CT molecular complexity index is 891. The highest BCUT2D eigenvalue weighted by Crippen LogP contribution is 2.62. The van der Waals surface area contributed by atoms with Crippen LogP contribution in [0, 0.1) is 29.1 Å². The number of aryl methyl sites for hydroxylation is 1. The average molecular weight is 436 g/mol. The summed E-state index contributed by atoms with van der Waals surface area (Å²) in [6, 6.07) is 10.3. The largest absolute Gasteiger partial charge is 0.462 e. The summed E-state index contributed by atoms with van der Waals surface area (Å²) in [6.45, 7) is 2.42. The molecule has 4 aliphatic carbocycles. The van der Waals surface area contributed by atoms with E-state index in [0.29, 0.717) is 12.3 Å². The smallest absolute Gasteiger partial charge is 0.306 e. The lowest BCUT2D eigenvalue weighted by molar-refractivity contribution is -0.158. The van der Waals surface area contributed by atoms with Crippen LogP contribution in [0.4, 0.5) is 0 Å². The number of nitrogens with zero attached hydrogens (tertiary/aromatic N) is 1. The van der Waals surface area contributed by atoms with Gasteiger partial charge in [0.15, 0.2) is 0 Å². The molecule has 0 unspecified atom stereocenters. The summed E-state index contributed by atoms with van der Waals surface area (Å²) in [5.41, 5.74) is 4.08. The van der Waals surface area contributed by atoms with Gasteiger partial charge < -0.3 is 9.57 Å². The molecule has 3 fully saturated rings. The lowest BCUT2D eigenvalue weighted by Crippen LogP contribution is -2.48. The van der Waals surface area contributed by atoms with Gasteiger partial charge in [-0.05, 0) is 93.1 Å². The fourth-order valence-corrected chi connectivity index (χ4v) is 7.64. The summed E-state index contributed by atoms with van der Waals surface area (Å²) < 4.78 is 6.15. The molecule has 0 radical (unpaired) electrons. The van der Waals surface area contributed by atoms with Gasteiger partial charge in [-0.3, -0.25) is 4.79 Å². The maximum Gasteiger partial charge on any atom is 0.306 e. The van der Waals surface area contributed by atoms with Gasteiger partial charge in [-0.15, -0.1) is 0 Å². The van der Waals surface area contributed by atoms with Crippen LogP contribution in [-0.2, 0) is 20.8 Å². The second-order valence-corrected chi connectivity index (χ2v) is 10.7. The third kappa shape index (κ3) is 4.02. The minimum absolute atomic E-state index is 0.0195. The monoisotopic (exact) mass is 435 g/mol. The number of allylic oxidation sites excluding steroid dienone is 2. The minimum Gasteiger partial charge on any atom is -0.462 e. The first-order valence-electron chi connectivity index (χ1n) is 12.6. The Labute approximate surface area is 192 Å². The maximum absolute atomic E-state index is 12.7. The molecule has 0 saturated heterocycles. The van der Waals surface area contributed by atoms with Crippen LogP contribution in [0.2, 0.25) is 0 Å². The van der Waals surface area contributed by atoms with E-state index in [1.165, 1.54) is 44.1 Å². The molecule has 3 saturated carbocycles. The lowest BCUT2D eigenvalue weighted by atomic mass is 9.52. The molecule has 4 heteroatoms. The van der Waals surface area contributed by atoms with Crippen LogP contribution < -0.4 is 0 Å². The van der Waals surface area contributed by atoms with Crippen molar-refractivity contribution in [2.75, 3.05) is 7.11 Å². The topological polar surface area (TPSA) is 47.9 Å². The minimum atomic E-state index is -0.0195. The predicted molar refractivity (Wildman–Crippen MR) is 126 cm³/mol. The summed E-state index contributed by atoms with van der Waals surface area (Å²) in [4.78, 5) is 17.7. The first-order chi connectivity index (χ1) is 15.6. The number of oxime groups is 1. The quantitative estimate of drug-likeness (QED) is 0.414. The molecule has 6 atom stereocenters. The van der Waals surface area contributed by atoms with E-state index >= 15 is 0 Å². The number of carbonyl (C=O) groups excluding carboxylic acids is 1. The highest BCUT2D eigenvalue weighted by Gasteiger charge is 2.57. The summed E-state index contributed by atoms with van der Waals surface area (Å²) in [5.74, 6) is 2.98. The fraction of sp³-hybridized carbons (Fsp3) is 0.643. The van der Waals surface area contributed by atoms with Crippen molar-refractivity contribution < 1.29 is 14.4 Å². The zero-order valence-electron chi connectivity index (χ0n) is 19.6. The number of esters is 1. The van der Waals surface area contributed by atoms with Crippen molar-refractivity contribution in [1.82, 2.24) is 0 Å². The van der Waals surface area contributed by atoms with Crippen LogP contribution in [-0.4, -0.2) is 24.9 Å². The van der Waals surface area contributed by atoms with Crippen molar-refractivity contribution in [1.29, 1.82) is 0 Å². The molecule has 1 aromatic carbocycles. The van der Waals surface area contributed by atoms with E-state index < -0.39 is 0 Å². The molecule has 172 valence electrons. The number of rotatable bonds is 5. The Kier molecular flexibility index (Phi) is 6.14. The molecular formula is C28H37NO3. The molecule has 0 bridgehead atoms. The van der Waals surface area contributed by atoms with Crippen molar-refractivity contribution in [3.8, 4) is 0 Å². The third-order valence-electron chi connectivity index (χ3n) is 9.17. The van der Waals surface area contributed by atoms with Gasteiger partial charge in [0.1, 0.15) is 13.2 Å². The molecule has 0 amide bonds. The van der Waals surface area contributed by atoms with Crippen LogP contribution in [0.3, 0.4) is 0 Å². The van der Waals surface area contributed by atoms with Crippen LogP contribution in [0.5, 0.6) is 0 Å². The highest BCUT2D eigenvalue weighted by molar-refractivity contribution is 5.96. The Morgan fingerprint density at radius 2 is 1.91 bits per heavy atom. The van der Waals surface area contributed by atoms with E-state index in [9.17, 15) is 4.79 Å². The second kappa shape index (κ2) is 9.03. The van der Waals surface area contributed by atoms with Gasteiger partial charge in [0.2, 0.25) is 0 Å². The van der Waals surface area contributed by atoms with Gasteiger partial charge in [-0.1, -0.05) is 48.0 Å². The molecule has 0 N–H and O–H groups in total. The Balaban J connectivity index is 1.23. The van der Waals surface area contributed by atoms with E-state index in [0.717, 1.165) is 42.7 Å². The van der Waals surface area contributed by atoms with E-state index in [4.69, 9.17) is 9.57 Å². The van der Waals surface area contributed by atoms with E-state index in [-0.39, 0.29) is 17.5 Å². The maximum atomic E-state index is 12.7.